The van der Waals surface area contributed by atoms with Crippen molar-refractivity contribution >= 4 is 39.6 Å². The Hall–Kier alpha value is -6.00. The summed E-state index contributed by atoms with van der Waals surface area (Å²) in [5.41, 5.74) is -6.38. The Morgan fingerprint density at radius 3 is 2.02 bits per heavy atom. The molecule has 0 saturated carbocycles. The van der Waals surface area contributed by atoms with Gasteiger partial charge in [0.2, 0.25) is 0 Å². The van der Waals surface area contributed by atoms with Crippen molar-refractivity contribution < 1.29 is 43.7 Å². The summed E-state index contributed by atoms with van der Waals surface area (Å²) in [5.74, 6) is -1.75. The molecule has 0 aliphatic carbocycles. The molecule has 0 unspecified atom stereocenters. The summed E-state index contributed by atoms with van der Waals surface area (Å²) in [6.07, 6.45) is 0. The van der Waals surface area contributed by atoms with Crippen LogP contribution in [-0.2, 0) is 0 Å². The van der Waals surface area contributed by atoms with Gasteiger partial charge in [0.25, 0.3) is 0 Å². The summed E-state index contributed by atoms with van der Waals surface area (Å²) in [5, 5.41) is -0.962. The molecular weight excluding hydrogens is 561 g/mol. The first-order valence-electron chi connectivity index (χ1n) is 26.2. The lowest BCUT2D eigenvalue weighted by Gasteiger charge is -2.33. The van der Waals surface area contributed by atoms with Gasteiger partial charge in [-0.3, -0.25) is 0 Å². The van der Waals surface area contributed by atoms with Gasteiger partial charge in [0.05, 0.1) is 51.0 Å². The number of para-hydroxylation sites is 4. The first-order valence-corrected chi connectivity index (χ1v) is 13.7. The van der Waals surface area contributed by atoms with Crippen LogP contribution in [0.3, 0.4) is 0 Å². The van der Waals surface area contributed by atoms with Gasteiger partial charge in [-0.05, 0) is 64.6 Å². The Balaban J connectivity index is 1.43. The van der Waals surface area contributed by atoms with Crippen molar-refractivity contribution in [2.75, 3.05) is 0 Å². The van der Waals surface area contributed by atoms with Crippen LogP contribution in [0, 0.1) is 0 Å². The quantitative estimate of drug-likeness (QED) is 0.186. The minimum Gasteiger partial charge on any atom is -0.551 e. The molecule has 8 aromatic rings. The summed E-state index contributed by atoms with van der Waals surface area (Å²) in [6, 6.07) is -20.1. The number of benzene rings is 7. The second kappa shape index (κ2) is 9.75. The summed E-state index contributed by atoms with van der Waals surface area (Å²) >= 11 is 0. The Morgan fingerprint density at radius 1 is 0.500 bits per heavy atom. The van der Waals surface area contributed by atoms with Crippen LogP contribution in [0.5, 0.6) is 17.2 Å². The molecule has 214 valence electrons. The molecule has 0 saturated heterocycles. The number of ether oxygens (including phenoxy) is 1. The minimum absolute atomic E-state index is 0.164. The van der Waals surface area contributed by atoms with Crippen molar-refractivity contribution in [1.82, 2.24) is 4.57 Å². The lowest BCUT2D eigenvalue weighted by Crippen LogP contribution is -2.53. The smallest absolute Gasteiger partial charge is 0.434 e. The molecule has 3 heterocycles. The third-order valence-corrected chi connectivity index (χ3v) is 7.68. The fraction of sp³-hybridized carbons (Fsp3) is 0. The zero-order valence-corrected chi connectivity index (χ0v) is 22.9. The summed E-state index contributed by atoms with van der Waals surface area (Å²) < 4.78 is 237. The number of rotatable bonds is 3. The largest absolute Gasteiger partial charge is 0.551 e. The number of fused-ring (bicyclic) bond motifs is 7. The van der Waals surface area contributed by atoms with E-state index in [2.05, 4.69) is 0 Å². The molecule has 4 heteroatoms. The summed E-state index contributed by atoms with van der Waals surface area (Å²) in [7, 11) is 0. The predicted octanol–water partition coefficient (Wildman–Crippen LogP) is 9.39. The molecule has 0 atom stereocenters. The van der Waals surface area contributed by atoms with Crippen molar-refractivity contribution in [3.05, 3.63) is 157 Å². The predicted molar refractivity (Wildman–Crippen MR) is 189 cm³/mol. The highest BCUT2D eigenvalue weighted by atomic mass is 16.5. The van der Waals surface area contributed by atoms with Crippen LogP contribution in [0.2, 0.25) is 0 Å². The molecule has 0 bridgehead atoms. The molecule has 46 heavy (non-hydrogen) atoms. The summed E-state index contributed by atoms with van der Waals surface area (Å²) in [6.45, 7) is -1.69. The van der Waals surface area contributed by atoms with E-state index in [1.54, 1.807) is 0 Å². The summed E-state index contributed by atoms with van der Waals surface area (Å²) in [4.78, 5) is 0. The molecule has 10 rings (SSSR count). The van der Waals surface area contributed by atoms with E-state index in [9.17, 15) is 9.60 Å². The molecule has 0 radical (unpaired) electrons. The molecule has 0 spiro atoms. The highest BCUT2D eigenvalue weighted by molar-refractivity contribution is 6.84. The Bertz CT molecular complexity index is 3800. The van der Waals surface area contributed by atoms with E-state index in [1.807, 2.05) is 0 Å². The van der Waals surface area contributed by atoms with Gasteiger partial charge in [-0.25, -0.2) is 0 Å². The average molecular weight is 613 g/mol. The van der Waals surface area contributed by atoms with Gasteiger partial charge in [0.15, 0.2) is 0 Å². The van der Waals surface area contributed by atoms with Crippen molar-refractivity contribution in [2.45, 2.75) is 0 Å². The number of hydrogen-bond acceptors (Lipinski definition) is 2. The van der Waals surface area contributed by atoms with E-state index in [0.29, 0.717) is 0 Å². The van der Waals surface area contributed by atoms with Gasteiger partial charge in [-0.2, -0.15) is 0 Å². The maximum Gasteiger partial charge on any atom is 0.434 e. The fourth-order valence-corrected chi connectivity index (χ4v) is 5.74. The molecular formula is C42H26BNO2. The van der Waals surface area contributed by atoms with Crippen LogP contribution < -0.4 is 20.3 Å². The van der Waals surface area contributed by atoms with Gasteiger partial charge in [0, 0.05) is 32.8 Å². The van der Waals surface area contributed by atoms with E-state index < -0.39 is 236 Å². The molecule has 0 amide bonds. The first-order chi connectivity index (χ1) is 33.2. The Kier molecular flexibility index (Phi) is 2.36. The molecule has 7 aromatic carbocycles. The third kappa shape index (κ3) is 3.67. The van der Waals surface area contributed by atoms with Crippen molar-refractivity contribution in [3.8, 4) is 56.3 Å². The van der Waals surface area contributed by atoms with Gasteiger partial charge in [0.1, 0.15) is 17.2 Å². The zero-order chi connectivity index (χ0) is 51.9. The fourth-order valence-electron chi connectivity index (χ4n) is 5.74. The molecule has 2 aliphatic rings. The zero-order valence-electron chi connectivity index (χ0n) is 47.9. The SMILES string of the molecule is [2H]c1cc2c(c([2H])c1[2H])Oc1c([2H])c(-c3c([2H])c([2H])c([2H])c([2H])c3-n3c4c([2H])c([2H])c([2H])c([2H])c4c4c([2H])c([2H])c([2H])c([2H])c43)c([2H])c3c1B2Oc1c([2H])c(-c2c([2H])c([2H])c([2H])c([2H])c2[2H])c([2H])c([2H])c1-3. The van der Waals surface area contributed by atoms with Crippen LogP contribution in [0.1, 0.15) is 34.3 Å². The van der Waals surface area contributed by atoms with Crippen molar-refractivity contribution in [2.24, 2.45) is 0 Å². The van der Waals surface area contributed by atoms with Crippen LogP contribution in [0.25, 0.3) is 60.9 Å². The van der Waals surface area contributed by atoms with E-state index >= 15 is 0 Å². The monoisotopic (exact) mass is 612 g/mol. The lowest BCUT2D eigenvalue weighted by molar-refractivity contribution is 0.479. The second-order valence-corrected chi connectivity index (χ2v) is 10.1. The molecule has 3 nitrogen and oxygen atoms in total. The highest BCUT2D eigenvalue weighted by Gasteiger charge is 2.41. The van der Waals surface area contributed by atoms with Gasteiger partial charge >= 0.3 is 6.92 Å². The molecule has 2 aliphatic heterocycles. The van der Waals surface area contributed by atoms with Crippen molar-refractivity contribution in [3.63, 3.8) is 0 Å². The van der Waals surface area contributed by atoms with Gasteiger partial charge in [-0.1, -0.05) is 115 Å². The molecule has 1 aromatic heterocycles. The van der Waals surface area contributed by atoms with Crippen LogP contribution >= 0.6 is 0 Å². The van der Waals surface area contributed by atoms with E-state index in [-0.39, 0.29) is 10.9 Å². The molecule has 0 N–H and O–H groups in total. The van der Waals surface area contributed by atoms with Crippen molar-refractivity contribution in [1.29, 1.82) is 0 Å². The number of aromatic nitrogens is 1. The highest BCUT2D eigenvalue weighted by Crippen LogP contribution is 2.44. The minimum atomic E-state index is -1.69. The van der Waals surface area contributed by atoms with E-state index in [1.165, 1.54) is 0 Å². The van der Waals surface area contributed by atoms with Crippen LogP contribution in [0.15, 0.2) is 157 Å². The maximum absolute atomic E-state index is 10.1. The standard InChI is InChI=1S/C42H26BNO2/c1-2-12-27(13-3-1)28-22-23-33-34-24-29(26-41-42(34)43(46-40(33)25-28)35-17-7-11-21-39(35)45-41)30-14-4-8-18-36(30)44-37-19-9-5-15-31(37)32-16-6-10-20-38(32)44/h1-26H/i1D,2D,3D,4D,5D,6D,7D,8D,9D,10D,11D,12D,13D,14D,15D,16D,18D,19D,20D,21D,22D,23D,24D,25D,26D. The van der Waals surface area contributed by atoms with E-state index in [4.69, 9.17) is 34.1 Å². The molecule has 0 fully saturated rings. The maximum atomic E-state index is 10.1. The van der Waals surface area contributed by atoms with Crippen LogP contribution in [0.4, 0.5) is 0 Å². The average Bonchev–Trinajstić information content (AvgIpc) is 3.70. The van der Waals surface area contributed by atoms with Crippen LogP contribution in [-0.4, -0.2) is 11.5 Å². The lowest BCUT2D eigenvalue weighted by atomic mass is 9.50. The topological polar surface area (TPSA) is 23.4 Å². The first kappa shape index (κ1) is 11.1. The third-order valence-electron chi connectivity index (χ3n) is 7.68. The van der Waals surface area contributed by atoms with Gasteiger partial charge in [-0.15, -0.1) is 0 Å². The Labute approximate surface area is 302 Å². The second-order valence-electron chi connectivity index (χ2n) is 10.1. The number of nitrogens with zero attached hydrogens (tertiary/aromatic N) is 1. The number of hydrogen-bond donors (Lipinski definition) is 0. The Morgan fingerprint density at radius 2 is 1.20 bits per heavy atom. The normalized spacial score (nSPS) is 20.3. The van der Waals surface area contributed by atoms with E-state index in [0.717, 1.165) is 10.6 Å². The van der Waals surface area contributed by atoms with Gasteiger partial charge < -0.3 is 14.0 Å².